The summed E-state index contributed by atoms with van der Waals surface area (Å²) < 4.78 is 25.2. The van der Waals surface area contributed by atoms with Crippen LogP contribution in [0.15, 0.2) is 66.2 Å². The van der Waals surface area contributed by atoms with Crippen LogP contribution in [-0.2, 0) is 9.59 Å². The van der Waals surface area contributed by atoms with E-state index in [1.807, 2.05) is 59.8 Å². The van der Waals surface area contributed by atoms with E-state index in [0.717, 1.165) is 5.56 Å². The second kappa shape index (κ2) is 12.7. The zero-order valence-corrected chi connectivity index (χ0v) is 21.8. The van der Waals surface area contributed by atoms with Crippen LogP contribution in [0.5, 0.6) is 11.5 Å². The molecule has 184 valence electrons. The molecule has 0 radical (unpaired) electrons. The summed E-state index contributed by atoms with van der Waals surface area (Å²) in [6, 6.07) is 17.9. The lowest BCUT2D eigenvalue weighted by Crippen LogP contribution is -2.20. The summed E-state index contributed by atoms with van der Waals surface area (Å²) in [6.45, 7) is 3.87. The number of nitrogens with one attached hydrogen (secondary N) is 2. The van der Waals surface area contributed by atoms with Crippen LogP contribution >= 0.6 is 22.6 Å². The molecule has 0 aliphatic carbocycles. The van der Waals surface area contributed by atoms with Gasteiger partial charge in [0.05, 0.1) is 10.2 Å². The van der Waals surface area contributed by atoms with Crippen LogP contribution < -0.4 is 20.1 Å². The number of carbonyl (C=O) groups is 2. The van der Waals surface area contributed by atoms with E-state index in [2.05, 4.69) is 10.6 Å². The highest BCUT2D eigenvalue weighted by Gasteiger charge is 2.16. The summed E-state index contributed by atoms with van der Waals surface area (Å²) in [5.74, 6) is -0.648. The lowest BCUT2D eigenvalue weighted by atomic mass is 10.1. The molecule has 3 aromatic carbocycles. The Balaban J connectivity index is 1.76. The summed E-state index contributed by atoms with van der Waals surface area (Å²) in [5, 5.41) is 14.9. The third kappa shape index (κ3) is 7.55. The van der Waals surface area contributed by atoms with Gasteiger partial charge in [-0.1, -0.05) is 17.7 Å². The Morgan fingerprint density at radius 1 is 1.03 bits per heavy atom. The minimum absolute atomic E-state index is 0.149. The molecular weight excluding hydrogens is 576 g/mol. The highest BCUT2D eigenvalue weighted by Crippen LogP contribution is 2.35. The third-order valence-electron chi connectivity index (χ3n) is 4.79. The summed E-state index contributed by atoms with van der Waals surface area (Å²) in [4.78, 5) is 24.9. The number of rotatable bonds is 9. The second-order valence-electron chi connectivity index (χ2n) is 7.60. The number of halogens is 2. The Kier molecular flexibility index (Phi) is 9.41. The van der Waals surface area contributed by atoms with Crippen molar-refractivity contribution in [2.45, 2.75) is 13.8 Å². The van der Waals surface area contributed by atoms with E-state index in [1.54, 1.807) is 19.1 Å². The highest BCUT2D eigenvalue weighted by molar-refractivity contribution is 14.1. The number of benzene rings is 3. The van der Waals surface area contributed by atoms with Crippen molar-refractivity contribution in [2.75, 3.05) is 23.8 Å². The van der Waals surface area contributed by atoms with Gasteiger partial charge < -0.3 is 20.1 Å². The van der Waals surface area contributed by atoms with Gasteiger partial charge in [-0.25, -0.2) is 4.39 Å². The predicted molar refractivity (Wildman–Crippen MR) is 144 cm³/mol. The van der Waals surface area contributed by atoms with Gasteiger partial charge in [-0.15, -0.1) is 0 Å². The fourth-order valence-corrected chi connectivity index (χ4v) is 3.87. The fraction of sp³-hybridized carbons (Fsp3) is 0.148. The van der Waals surface area contributed by atoms with Crippen LogP contribution in [0, 0.1) is 27.6 Å². The quantitative estimate of drug-likeness (QED) is 0.187. The second-order valence-corrected chi connectivity index (χ2v) is 8.76. The molecule has 0 unspecified atom stereocenters. The third-order valence-corrected chi connectivity index (χ3v) is 5.59. The first-order valence-electron chi connectivity index (χ1n) is 10.9. The molecule has 2 amide bonds. The molecule has 7 nitrogen and oxygen atoms in total. The molecule has 0 saturated carbocycles. The number of nitriles is 1. The number of ether oxygens (including phenoxy) is 2. The average Bonchev–Trinajstić information content (AvgIpc) is 2.85. The first kappa shape index (κ1) is 26.7. The standard InChI is InChI=1S/C27H23FIN3O4/c1-3-35-24-14-18(12-19(15-30)27(34)32-22-10-6-20(28)7-11-22)13-23(29)26(24)36-16-25(33)31-21-8-4-17(2)5-9-21/h4-14H,3,16H2,1-2H3,(H,31,33)(H,32,34)/b19-12+. The molecule has 3 rings (SSSR count). The Hall–Kier alpha value is -3.91. The van der Waals surface area contributed by atoms with E-state index in [9.17, 15) is 19.2 Å². The number of carbonyl (C=O) groups excluding carboxylic acids is 2. The van der Waals surface area contributed by atoms with Gasteiger partial charge in [-0.05, 0) is 96.6 Å². The molecule has 0 atom stereocenters. The van der Waals surface area contributed by atoms with Crippen molar-refractivity contribution in [2.24, 2.45) is 0 Å². The van der Waals surface area contributed by atoms with Crippen molar-refractivity contribution < 1.29 is 23.5 Å². The first-order chi connectivity index (χ1) is 17.3. The van der Waals surface area contributed by atoms with Gasteiger partial charge in [0.1, 0.15) is 17.5 Å². The Morgan fingerprint density at radius 2 is 1.67 bits per heavy atom. The molecular formula is C27H23FIN3O4. The fourth-order valence-electron chi connectivity index (χ4n) is 3.09. The molecule has 0 aliphatic rings. The number of hydrogen-bond donors (Lipinski definition) is 2. The van der Waals surface area contributed by atoms with Crippen LogP contribution in [0.25, 0.3) is 6.08 Å². The molecule has 0 spiro atoms. The lowest BCUT2D eigenvalue weighted by Gasteiger charge is -2.15. The molecule has 9 heteroatoms. The van der Waals surface area contributed by atoms with Gasteiger partial charge in [0.25, 0.3) is 11.8 Å². The molecule has 36 heavy (non-hydrogen) atoms. The number of anilines is 2. The number of amides is 2. The zero-order chi connectivity index (χ0) is 26.1. The van der Waals surface area contributed by atoms with E-state index in [0.29, 0.717) is 38.6 Å². The van der Waals surface area contributed by atoms with Crippen molar-refractivity contribution in [1.82, 2.24) is 0 Å². The Morgan fingerprint density at radius 3 is 2.31 bits per heavy atom. The molecule has 0 aromatic heterocycles. The molecule has 3 aromatic rings. The molecule has 0 heterocycles. The maximum atomic E-state index is 13.1. The van der Waals surface area contributed by atoms with Gasteiger partial charge in [0, 0.05) is 11.4 Å². The first-order valence-corrected chi connectivity index (χ1v) is 12.0. The maximum absolute atomic E-state index is 13.1. The van der Waals surface area contributed by atoms with Gasteiger partial charge in [0.2, 0.25) is 0 Å². The van der Waals surface area contributed by atoms with E-state index < -0.39 is 11.7 Å². The summed E-state index contributed by atoms with van der Waals surface area (Å²) in [5.41, 5.74) is 2.49. The maximum Gasteiger partial charge on any atom is 0.266 e. The van der Waals surface area contributed by atoms with Crippen LogP contribution in [0.3, 0.4) is 0 Å². The summed E-state index contributed by atoms with van der Waals surface area (Å²) in [6.07, 6.45) is 1.41. The van der Waals surface area contributed by atoms with Gasteiger partial charge >= 0.3 is 0 Å². The van der Waals surface area contributed by atoms with E-state index in [1.165, 1.54) is 30.3 Å². The van der Waals surface area contributed by atoms with Crippen molar-refractivity contribution in [3.05, 3.63) is 86.8 Å². The van der Waals surface area contributed by atoms with Crippen molar-refractivity contribution in [3.63, 3.8) is 0 Å². The zero-order valence-electron chi connectivity index (χ0n) is 19.6. The van der Waals surface area contributed by atoms with Crippen LogP contribution in [0.4, 0.5) is 15.8 Å². The number of hydrogen-bond acceptors (Lipinski definition) is 5. The topological polar surface area (TPSA) is 100 Å². The van der Waals surface area contributed by atoms with Gasteiger partial charge in [-0.3, -0.25) is 9.59 Å². The van der Waals surface area contributed by atoms with Crippen LogP contribution in [0.2, 0.25) is 0 Å². The average molecular weight is 599 g/mol. The van der Waals surface area contributed by atoms with Crippen LogP contribution in [-0.4, -0.2) is 25.0 Å². The number of aryl methyl sites for hydroxylation is 1. The van der Waals surface area contributed by atoms with Gasteiger partial charge in [0.15, 0.2) is 18.1 Å². The Bertz CT molecular complexity index is 1320. The smallest absolute Gasteiger partial charge is 0.266 e. The predicted octanol–water partition coefficient (Wildman–Crippen LogP) is 5.70. The van der Waals surface area contributed by atoms with E-state index in [4.69, 9.17) is 9.47 Å². The van der Waals surface area contributed by atoms with Crippen molar-refractivity contribution in [1.29, 1.82) is 5.26 Å². The lowest BCUT2D eigenvalue weighted by molar-refractivity contribution is -0.118. The summed E-state index contributed by atoms with van der Waals surface area (Å²) in [7, 11) is 0. The molecule has 0 aliphatic heterocycles. The minimum atomic E-state index is -0.634. The Labute approximate surface area is 222 Å². The molecule has 0 fully saturated rings. The normalized spacial score (nSPS) is 10.8. The molecule has 0 saturated heterocycles. The van der Waals surface area contributed by atoms with Crippen molar-refractivity contribution >= 4 is 51.9 Å². The molecule has 0 bridgehead atoms. The van der Waals surface area contributed by atoms with E-state index >= 15 is 0 Å². The summed E-state index contributed by atoms with van der Waals surface area (Å²) >= 11 is 2.04. The highest BCUT2D eigenvalue weighted by atomic mass is 127. The molecule has 2 N–H and O–H groups in total. The largest absolute Gasteiger partial charge is 0.490 e. The van der Waals surface area contributed by atoms with E-state index in [-0.39, 0.29) is 18.1 Å². The van der Waals surface area contributed by atoms with Crippen molar-refractivity contribution in [3.8, 4) is 17.6 Å². The SMILES string of the molecule is CCOc1cc(/C=C(\C#N)C(=O)Nc2ccc(F)cc2)cc(I)c1OCC(=O)Nc1ccc(C)cc1. The number of nitrogens with zero attached hydrogens (tertiary/aromatic N) is 1. The monoisotopic (exact) mass is 599 g/mol. The van der Waals surface area contributed by atoms with Crippen LogP contribution in [0.1, 0.15) is 18.1 Å². The minimum Gasteiger partial charge on any atom is -0.490 e. The van der Waals surface area contributed by atoms with Gasteiger partial charge in [-0.2, -0.15) is 5.26 Å².